The van der Waals surface area contributed by atoms with E-state index in [1.165, 1.54) is 6.20 Å². The zero-order valence-electron chi connectivity index (χ0n) is 17.3. The van der Waals surface area contributed by atoms with Crippen LogP contribution in [0.4, 0.5) is 5.69 Å². The number of hydrogen-bond donors (Lipinski definition) is 1. The molecule has 5 rings (SSSR count). The molecule has 2 N–H and O–H groups in total. The van der Waals surface area contributed by atoms with E-state index in [-0.39, 0.29) is 4.90 Å². The highest BCUT2D eigenvalue weighted by Gasteiger charge is 2.17. The van der Waals surface area contributed by atoms with E-state index in [2.05, 4.69) is 27.0 Å². The molecule has 1 fully saturated rings. The lowest BCUT2D eigenvalue weighted by Gasteiger charge is -2.30. The molecule has 3 heterocycles. The Hall–Kier alpha value is -3.33. The molecule has 0 saturated carbocycles. The molecule has 8 heteroatoms. The van der Waals surface area contributed by atoms with Gasteiger partial charge in [-0.2, -0.15) is 0 Å². The molecule has 4 aromatic rings. The second kappa shape index (κ2) is 8.31. The Balaban J connectivity index is 1.66. The lowest BCUT2D eigenvalue weighted by molar-refractivity contribution is 0.123. The zero-order valence-corrected chi connectivity index (χ0v) is 18.1. The van der Waals surface area contributed by atoms with Gasteiger partial charge in [0.15, 0.2) is 0 Å². The maximum absolute atomic E-state index is 11.8. The topological polar surface area (TPSA) is 98.4 Å². The van der Waals surface area contributed by atoms with Gasteiger partial charge in [0.2, 0.25) is 10.0 Å². The van der Waals surface area contributed by atoms with Gasteiger partial charge in [0.05, 0.1) is 18.7 Å². The fourth-order valence-corrected chi connectivity index (χ4v) is 4.57. The maximum atomic E-state index is 11.8. The third kappa shape index (κ3) is 3.95. The van der Waals surface area contributed by atoms with E-state index in [4.69, 9.17) is 9.88 Å². The Morgan fingerprint density at radius 1 is 0.906 bits per heavy atom. The predicted molar refractivity (Wildman–Crippen MR) is 125 cm³/mol. The van der Waals surface area contributed by atoms with Gasteiger partial charge in [-0.1, -0.05) is 24.3 Å². The fourth-order valence-electron chi connectivity index (χ4n) is 4.07. The summed E-state index contributed by atoms with van der Waals surface area (Å²) in [6.07, 6.45) is 4.70. The summed E-state index contributed by atoms with van der Waals surface area (Å²) in [6.45, 7) is 3.11. The first-order chi connectivity index (χ1) is 15.5. The highest BCUT2D eigenvalue weighted by molar-refractivity contribution is 7.89. The summed E-state index contributed by atoms with van der Waals surface area (Å²) in [5.41, 5.74) is 5.72. The van der Waals surface area contributed by atoms with Crippen molar-refractivity contribution in [1.29, 1.82) is 0 Å². The van der Waals surface area contributed by atoms with Crippen molar-refractivity contribution in [1.82, 2.24) is 9.97 Å². The maximum Gasteiger partial charge on any atom is 0.239 e. The van der Waals surface area contributed by atoms with Crippen LogP contribution < -0.4 is 10.0 Å². The Kier molecular flexibility index (Phi) is 5.34. The van der Waals surface area contributed by atoms with Crippen molar-refractivity contribution in [3.8, 4) is 22.3 Å². The number of primary sulfonamides is 1. The summed E-state index contributed by atoms with van der Waals surface area (Å²) in [5, 5.41) is 6.27. The van der Waals surface area contributed by atoms with Gasteiger partial charge in [-0.15, -0.1) is 0 Å². The number of fused-ring (bicyclic) bond motifs is 1. The number of rotatable bonds is 4. The van der Waals surface area contributed by atoms with Crippen LogP contribution in [-0.2, 0) is 14.8 Å². The summed E-state index contributed by atoms with van der Waals surface area (Å²) in [7, 11) is -3.84. The highest BCUT2D eigenvalue weighted by Crippen LogP contribution is 2.36. The minimum absolute atomic E-state index is 0.0147. The van der Waals surface area contributed by atoms with Gasteiger partial charge in [-0.3, -0.25) is 9.97 Å². The van der Waals surface area contributed by atoms with Gasteiger partial charge in [0.25, 0.3) is 0 Å². The van der Waals surface area contributed by atoms with Crippen LogP contribution in [0, 0.1) is 0 Å². The van der Waals surface area contributed by atoms with E-state index in [1.807, 2.05) is 42.6 Å². The van der Waals surface area contributed by atoms with Gasteiger partial charge in [-0.05, 0) is 41.5 Å². The smallest absolute Gasteiger partial charge is 0.239 e. The molecule has 2 aromatic heterocycles. The number of sulfonamides is 1. The molecular weight excluding hydrogens is 424 g/mol. The van der Waals surface area contributed by atoms with Gasteiger partial charge in [0, 0.05) is 53.9 Å². The minimum atomic E-state index is -3.84. The van der Waals surface area contributed by atoms with Crippen molar-refractivity contribution in [2.24, 2.45) is 5.14 Å². The molecule has 1 aliphatic rings. The third-order valence-corrected chi connectivity index (χ3v) is 6.54. The molecule has 2 aromatic carbocycles. The molecule has 1 saturated heterocycles. The number of pyridine rings is 2. The third-order valence-electron chi connectivity index (χ3n) is 5.66. The number of ether oxygens (including phenoxy) is 1. The van der Waals surface area contributed by atoms with Crippen LogP contribution in [0.2, 0.25) is 0 Å². The number of aromatic nitrogens is 2. The normalized spacial score (nSPS) is 14.6. The van der Waals surface area contributed by atoms with E-state index in [1.54, 1.807) is 12.3 Å². The van der Waals surface area contributed by atoms with Crippen molar-refractivity contribution < 1.29 is 13.2 Å². The predicted octanol–water partition coefficient (Wildman–Crippen LogP) is 3.45. The summed E-state index contributed by atoms with van der Waals surface area (Å²) in [5.74, 6) is 0. The molecule has 7 nitrogen and oxygen atoms in total. The van der Waals surface area contributed by atoms with Crippen LogP contribution in [0.25, 0.3) is 33.2 Å². The molecule has 0 spiro atoms. The Bertz CT molecular complexity index is 1400. The number of nitrogens with zero attached hydrogens (tertiary/aromatic N) is 3. The van der Waals surface area contributed by atoms with Gasteiger partial charge < -0.3 is 9.64 Å². The average molecular weight is 447 g/mol. The van der Waals surface area contributed by atoms with E-state index in [0.29, 0.717) is 18.8 Å². The number of benzene rings is 2. The van der Waals surface area contributed by atoms with Crippen LogP contribution in [0.5, 0.6) is 0 Å². The number of nitrogens with two attached hydrogens (primary N) is 1. The van der Waals surface area contributed by atoms with Crippen molar-refractivity contribution >= 4 is 26.6 Å². The number of hydrogen-bond acceptors (Lipinski definition) is 6. The summed E-state index contributed by atoms with van der Waals surface area (Å²) < 4.78 is 29.1. The second-order valence-electron chi connectivity index (χ2n) is 7.66. The SMILES string of the molecule is NS(=O)(=O)c1cncc(-c2ccc3nccc(-c4ccccc4N4CCOCC4)c3c2)c1. The zero-order chi connectivity index (χ0) is 22.1. The average Bonchev–Trinajstić information content (AvgIpc) is 2.83. The molecule has 32 heavy (non-hydrogen) atoms. The molecule has 0 radical (unpaired) electrons. The quantitative estimate of drug-likeness (QED) is 0.516. The standard InChI is InChI=1S/C24H22N4O3S/c25-32(29,30)19-13-18(15-26-16-19)17-5-6-23-22(14-17)20(7-8-27-23)21-3-1-2-4-24(21)28-9-11-31-12-10-28/h1-8,13-16H,9-12H2,(H2,25,29,30). The fraction of sp³-hybridized carbons (Fsp3) is 0.167. The van der Waals surface area contributed by atoms with Crippen LogP contribution >= 0.6 is 0 Å². The van der Waals surface area contributed by atoms with Crippen molar-refractivity contribution in [2.45, 2.75) is 4.90 Å². The summed E-state index contributed by atoms with van der Waals surface area (Å²) in [6, 6.07) is 17.8. The molecule has 0 amide bonds. The van der Waals surface area contributed by atoms with Crippen LogP contribution in [0.15, 0.2) is 78.1 Å². The van der Waals surface area contributed by atoms with Gasteiger partial charge in [-0.25, -0.2) is 13.6 Å². The summed E-state index contributed by atoms with van der Waals surface area (Å²) in [4.78, 5) is 10.9. The second-order valence-corrected chi connectivity index (χ2v) is 9.22. The van der Waals surface area contributed by atoms with Crippen LogP contribution in [0.3, 0.4) is 0 Å². The van der Waals surface area contributed by atoms with Crippen molar-refractivity contribution in [3.05, 3.63) is 73.2 Å². The summed E-state index contributed by atoms with van der Waals surface area (Å²) >= 11 is 0. The Labute approximate surface area is 186 Å². The lowest BCUT2D eigenvalue weighted by Crippen LogP contribution is -2.36. The van der Waals surface area contributed by atoms with Crippen LogP contribution in [-0.4, -0.2) is 44.7 Å². The Morgan fingerprint density at radius 3 is 2.53 bits per heavy atom. The molecule has 0 unspecified atom stereocenters. The number of morpholine rings is 1. The molecule has 0 bridgehead atoms. The first kappa shape index (κ1) is 20.6. The molecular formula is C24H22N4O3S. The Morgan fingerprint density at radius 2 is 1.72 bits per heavy atom. The molecule has 162 valence electrons. The van der Waals surface area contributed by atoms with E-state index in [9.17, 15) is 8.42 Å². The number of anilines is 1. The van der Waals surface area contributed by atoms with Crippen molar-refractivity contribution in [3.63, 3.8) is 0 Å². The van der Waals surface area contributed by atoms with E-state index < -0.39 is 10.0 Å². The minimum Gasteiger partial charge on any atom is -0.378 e. The van der Waals surface area contributed by atoms with E-state index >= 15 is 0 Å². The lowest BCUT2D eigenvalue weighted by atomic mass is 9.96. The highest BCUT2D eigenvalue weighted by atomic mass is 32.2. The van der Waals surface area contributed by atoms with Crippen LogP contribution in [0.1, 0.15) is 0 Å². The molecule has 0 aliphatic carbocycles. The largest absolute Gasteiger partial charge is 0.378 e. The molecule has 0 atom stereocenters. The van der Waals surface area contributed by atoms with Crippen molar-refractivity contribution in [2.75, 3.05) is 31.2 Å². The van der Waals surface area contributed by atoms with Gasteiger partial charge in [0.1, 0.15) is 4.90 Å². The molecule has 1 aliphatic heterocycles. The van der Waals surface area contributed by atoms with E-state index in [0.717, 1.165) is 46.4 Å². The van der Waals surface area contributed by atoms with Gasteiger partial charge >= 0.3 is 0 Å². The first-order valence-electron chi connectivity index (χ1n) is 10.3. The number of para-hydroxylation sites is 1. The monoisotopic (exact) mass is 446 g/mol. The first-order valence-corrected chi connectivity index (χ1v) is 11.8.